The molecule has 0 bridgehead atoms. The van der Waals surface area contributed by atoms with E-state index in [1.54, 1.807) is 23.9 Å². The summed E-state index contributed by atoms with van der Waals surface area (Å²) >= 11 is 9.05. The maximum absolute atomic E-state index is 12.6. The standard InChI is InChI=1S/C20H21ClN4O2S2/c1-13(19(26)22-15-9-5-7-11-17(15)28-3)29-20-24-23-18(25(20)2)12-27-16-10-6-4-8-14(16)21/h4-11,13H,12H2,1-3H3,(H,22,26). The van der Waals surface area contributed by atoms with Crippen LogP contribution in [0.2, 0.25) is 5.02 Å². The van der Waals surface area contributed by atoms with Crippen LogP contribution in [0, 0.1) is 0 Å². The van der Waals surface area contributed by atoms with Crippen LogP contribution in [-0.4, -0.2) is 32.2 Å². The van der Waals surface area contributed by atoms with Crippen molar-refractivity contribution < 1.29 is 9.53 Å². The molecule has 3 rings (SSSR count). The lowest BCUT2D eigenvalue weighted by atomic mass is 10.3. The molecule has 0 saturated carbocycles. The number of aromatic nitrogens is 3. The van der Waals surface area contributed by atoms with Crippen LogP contribution < -0.4 is 10.1 Å². The number of carbonyl (C=O) groups excluding carboxylic acids is 1. The monoisotopic (exact) mass is 448 g/mol. The van der Waals surface area contributed by atoms with Crippen molar-refractivity contribution in [2.75, 3.05) is 11.6 Å². The van der Waals surface area contributed by atoms with Gasteiger partial charge in [-0.2, -0.15) is 0 Å². The van der Waals surface area contributed by atoms with Gasteiger partial charge in [0.05, 0.1) is 16.0 Å². The van der Waals surface area contributed by atoms with Crippen LogP contribution in [0.3, 0.4) is 0 Å². The Balaban J connectivity index is 1.61. The van der Waals surface area contributed by atoms with Crippen molar-refractivity contribution >= 4 is 46.7 Å². The van der Waals surface area contributed by atoms with E-state index in [4.69, 9.17) is 16.3 Å². The van der Waals surface area contributed by atoms with Crippen LogP contribution in [-0.2, 0) is 18.4 Å². The highest BCUT2D eigenvalue weighted by Crippen LogP contribution is 2.28. The van der Waals surface area contributed by atoms with E-state index in [9.17, 15) is 4.79 Å². The molecule has 0 saturated heterocycles. The Kier molecular flexibility index (Phi) is 7.46. The first-order valence-electron chi connectivity index (χ1n) is 8.85. The number of halogens is 1. The molecule has 0 radical (unpaired) electrons. The van der Waals surface area contributed by atoms with Gasteiger partial charge < -0.3 is 14.6 Å². The number of nitrogens with zero attached hydrogens (tertiary/aromatic N) is 3. The van der Waals surface area contributed by atoms with Crippen molar-refractivity contribution in [2.24, 2.45) is 7.05 Å². The van der Waals surface area contributed by atoms with E-state index >= 15 is 0 Å². The molecular formula is C20H21ClN4O2S2. The van der Waals surface area contributed by atoms with Gasteiger partial charge in [-0.15, -0.1) is 22.0 Å². The average molecular weight is 449 g/mol. The van der Waals surface area contributed by atoms with Crippen LogP contribution in [0.4, 0.5) is 5.69 Å². The van der Waals surface area contributed by atoms with E-state index in [0.717, 1.165) is 10.6 Å². The second kappa shape index (κ2) is 10.0. The highest BCUT2D eigenvalue weighted by molar-refractivity contribution is 8.00. The number of carbonyl (C=O) groups is 1. The number of ether oxygens (including phenoxy) is 1. The van der Waals surface area contributed by atoms with Crippen LogP contribution >= 0.6 is 35.1 Å². The first kappa shape index (κ1) is 21.5. The SMILES string of the molecule is CSc1ccccc1NC(=O)C(C)Sc1nnc(COc2ccccc2Cl)n1C. The summed E-state index contributed by atoms with van der Waals surface area (Å²) in [6.07, 6.45) is 1.98. The summed E-state index contributed by atoms with van der Waals surface area (Å²) in [5.74, 6) is 1.15. The van der Waals surface area contributed by atoms with Gasteiger partial charge >= 0.3 is 0 Å². The number of para-hydroxylation sites is 2. The molecule has 0 aliphatic heterocycles. The molecule has 0 fully saturated rings. The zero-order chi connectivity index (χ0) is 20.8. The second-order valence-electron chi connectivity index (χ2n) is 6.13. The zero-order valence-electron chi connectivity index (χ0n) is 16.3. The molecule has 1 unspecified atom stereocenters. The van der Waals surface area contributed by atoms with Gasteiger partial charge in [-0.1, -0.05) is 47.6 Å². The Labute approximate surface area is 183 Å². The Hall–Kier alpha value is -2.16. The van der Waals surface area contributed by atoms with Gasteiger partial charge in [-0.3, -0.25) is 4.79 Å². The third kappa shape index (κ3) is 5.46. The quantitative estimate of drug-likeness (QED) is 0.495. The van der Waals surface area contributed by atoms with Crippen molar-refractivity contribution in [1.29, 1.82) is 0 Å². The zero-order valence-corrected chi connectivity index (χ0v) is 18.6. The maximum Gasteiger partial charge on any atom is 0.237 e. The van der Waals surface area contributed by atoms with Crippen molar-refractivity contribution in [3.8, 4) is 5.75 Å². The van der Waals surface area contributed by atoms with Gasteiger partial charge in [0, 0.05) is 11.9 Å². The van der Waals surface area contributed by atoms with Crippen molar-refractivity contribution in [1.82, 2.24) is 14.8 Å². The van der Waals surface area contributed by atoms with Gasteiger partial charge in [0.2, 0.25) is 5.91 Å². The van der Waals surface area contributed by atoms with E-state index in [2.05, 4.69) is 15.5 Å². The first-order chi connectivity index (χ1) is 14.0. The topological polar surface area (TPSA) is 69.0 Å². The summed E-state index contributed by atoms with van der Waals surface area (Å²) in [5, 5.41) is 12.2. The van der Waals surface area contributed by atoms with Crippen molar-refractivity contribution in [3.05, 3.63) is 59.4 Å². The molecule has 0 aliphatic rings. The number of benzene rings is 2. The van der Waals surface area contributed by atoms with E-state index < -0.39 is 0 Å². The number of anilines is 1. The number of hydrogen-bond donors (Lipinski definition) is 1. The first-order valence-corrected chi connectivity index (χ1v) is 11.3. The highest BCUT2D eigenvalue weighted by atomic mass is 35.5. The fraction of sp³-hybridized carbons (Fsp3) is 0.250. The summed E-state index contributed by atoms with van der Waals surface area (Å²) < 4.78 is 7.55. The third-order valence-electron chi connectivity index (χ3n) is 4.13. The third-order valence-corrected chi connectivity index (χ3v) is 6.38. The van der Waals surface area contributed by atoms with Gasteiger partial charge in [0.15, 0.2) is 11.0 Å². The minimum atomic E-state index is -0.342. The minimum absolute atomic E-state index is 0.0895. The second-order valence-corrected chi connectivity index (χ2v) is 8.69. The number of amides is 1. The Morgan fingerprint density at radius 1 is 1.21 bits per heavy atom. The van der Waals surface area contributed by atoms with Gasteiger partial charge in [0.25, 0.3) is 0 Å². The molecule has 1 amide bonds. The fourth-order valence-corrected chi connectivity index (χ4v) is 4.05. The molecule has 29 heavy (non-hydrogen) atoms. The molecule has 6 nitrogen and oxygen atoms in total. The summed E-state index contributed by atoms with van der Waals surface area (Å²) in [5.41, 5.74) is 0.809. The lowest BCUT2D eigenvalue weighted by Gasteiger charge is -2.13. The molecule has 9 heteroatoms. The fourth-order valence-electron chi connectivity index (χ4n) is 2.47. The maximum atomic E-state index is 12.6. The van der Waals surface area contributed by atoms with E-state index in [1.807, 2.05) is 61.2 Å². The summed E-state index contributed by atoms with van der Waals surface area (Å²) in [4.78, 5) is 13.6. The molecule has 152 valence electrons. The molecule has 1 heterocycles. The number of hydrogen-bond acceptors (Lipinski definition) is 6. The Morgan fingerprint density at radius 2 is 1.93 bits per heavy atom. The Bertz CT molecular complexity index is 996. The number of rotatable bonds is 8. The van der Waals surface area contributed by atoms with Crippen molar-refractivity contribution in [2.45, 2.75) is 28.8 Å². The lowest BCUT2D eigenvalue weighted by Crippen LogP contribution is -2.23. The van der Waals surface area contributed by atoms with Crippen LogP contribution in [0.25, 0.3) is 0 Å². The van der Waals surface area contributed by atoms with Crippen LogP contribution in [0.5, 0.6) is 5.75 Å². The molecule has 0 spiro atoms. The predicted molar refractivity (Wildman–Crippen MR) is 119 cm³/mol. The molecule has 2 aromatic carbocycles. The normalized spacial score (nSPS) is 11.9. The predicted octanol–water partition coefficient (Wildman–Crippen LogP) is 4.89. The number of thioether (sulfide) groups is 2. The van der Waals surface area contributed by atoms with E-state index in [0.29, 0.717) is 21.8 Å². The summed E-state index contributed by atoms with van der Waals surface area (Å²) in [7, 11) is 1.85. The lowest BCUT2D eigenvalue weighted by molar-refractivity contribution is -0.115. The Morgan fingerprint density at radius 3 is 2.69 bits per heavy atom. The summed E-state index contributed by atoms with van der Waals surface area (Å²) in [6.45, 7) is 2.08. The number of nitrogens with one attached hydrogen (secondary N) is 1. The van der Waals surface area contributed by atoms with Crippen LogP contribution in [0.1, 0.15) is 12.7 Å². The molecule has 3 aromatic rings. The molecular weight excluding hydrogens is 428 g/mol. The van der Waals surface area contributed by atoms with Gasteiger partial charge in [0.1, 0.15) is 12.4 Å². The minimum Gasteiger partial charge on any atom is -0.484 e. The smallest absolute Gasteiger partial charge is 0.237 e. The average Bonchev–Trinajstić information content (AvgIpc) is 3.07. The van der Waals surface area contributed by atoms with Gasteiger partial charge in [-0.05, 0) is 37.4 Å². The molecule has 1 N–H and O–H groups in total. The van der Waals surface area contributed by atoms with E-state index in [1.165, 1.54) is 11.8 Å². The van der Waals surface area contributed by atoms with E-state index in [-0.39, 0.29) is 17.8 Å². The van der Waals surface area contributed by atoms with Crippen LogP contribution in [0.15, 0.2) is 58.6 Å². The molecule has 1 atom stereocenters. The highest BCUT2D eigenvalue weighted by Gasteiger charge is 2.20. The van der Waals surface area contributed by atoms with Gasteiger partial charge in [-0.25, -0.2) is 0 Å². The summed E-state index contributed by atoms with van der Waals surface area (Å²) in [6, 6.07) is 15.0. The van der Waals surface area contributed by atoms with Crippen molar-refractivity contribution in [3.63, 3.8) is 0 Å². The largest absolute Gasteiger partial charge is 0.484 e. The molecule has 0 aliphatic carbocycles. The molecule has 1 aromatic heterocycles.